The molecule has 0 bridgehead atoms. The van der Waals surface area contributed by atoms with Crippen molar-refractivity contribution in [2.45, 2.75) is 32.9 Å². The maximum Gasteiger partial charge on any atom is 0.277 e. The van der Waals surface area contributed by atoms with Crippen molar-refractivity contribution < 1.29 is 23.4 Å². The van der Waals surface area contributed by atoms with Crippen LogP contribution in [0.3, 0.4) is 0 Å². The lowest BCUT2D eigenvalue weighted by molar-refractivity contribution is -0.113. The van der Waals surface area contributed by atoms with Crippen LogP contribution >= 0.6 is 23.4 Å². The van der Waals surface area contributed by atoms with Crippen LogP contribution in [0.4, 0.5) is 5.69 Å². The number of aryl methyl sites for hydroxylation is 1. The molecule has 0 atom stereocenters. The van der Waals surface area contributed by atoms with Crippen molar-refractivity contribution in [1.82, 2.24) is 10.2 Å². The number of anilines is 1. The van der Waals surface area contributed by atoms with Gasteiger partial charge in [-0.15, -0.1) is 10.2 Å². The van der Waals surface area contributed by atoms with Crippen molar-refractivity contribution in [2.24, 2.45) is 0 Å². The summed E-state index contributed by atoms with van der Waals surface area (Å²) in [6.45, 7) is 8.96. The fourth-order valence-electron chi connectivity index (χ4n) is 2.94. The number of carbonyl (C=O) groups excluding carboxylic acids is 1. The lowest BCUT2D eigenvalue weighted by Gasteiger charge is -2.16. The number of aromatic nitrogens is 2. The predicted molar refractivity (Wildman–Crippen MR) is 129 cm³/mol. The molecular weight excluding hydrogens is 466 g/mol. The highest BCUT2D eigenvalue weighted by molar-refractivity contribution is 7.99. The summed E-state index contributed by atoms with van der Waals surface area (Å²) < 4.78 is 23.0. The third-order valence-corrected chi connectivity index (χ3v) is 5.42. The van der Waals surface area contributed by atoms with Gasteiger partial charge >= 0.3 is 0 Å². The van der Waals surface area contributed by atoms with E-state index >= 15 is 0 Å². The van der Waals surface area contributed by atoms with Crippen molar-refractivity contribution in [1.29, 1.82) is 0 Å². The fourth-order valence-corrected chi connectivity index (χ4v) is 3.67. The molecule has 1 amide bonds. The Hall–Kier alpha value is -2.91. The van der Waals surface area contributed by atoms with Crippen molar-refractivity contribution >= 4 is 35.0 Å². The quantitative estimate of drug-likeness (QED) is 0.345. The summed E-state index contributed by atoms with van der Waals surface area (Å²) in [4.78, 5) is 12.3. The van der Waals surface area contributed by atoms with E-state index in [1.807, 2.05) is 33.8 Å². The fraction of sp³-hybridized carbons (Fsp3) is 0.348. The second-order valence-electron chi connectivity index (χ2n) is 6.77. The molecule has 0 unspecified atom stereocenters. The van der Waals surface area contributed by atoms with E-state index in [1.165, 1.54) is 0 Å². The summed E-state index contributed by atoms with van der Waals surface area (Å²) in [7, 11) is 0. The van der Waals surface area contributed by atoms with E-state index < -0.39 is 0 Å². The number of benzene rings is 2. The monoisotopic (exact) mass is 491 g/mol. The standard InChI is InChI=1S/C23H26ClN3O5S/c1-5-29-18-10-15(11-19(30-6-2)21(18)31-7-3)22-26-27-23(32-22)33-13-20(28)25-17-12-16(24)9-8-14(17)4/h8-12H,5-7,13H2,1-4H3,(H,25,28). The Kier molecular flexibility index (Phi) is 8.85. The van der Waals surface area contributed by atoms with E-state index in [1.54, 1.807) is 24.3 Å². The van der Waals surface area contributed by atoms with Crippen LogP contribution in [0.5, 0.6) is 17.2 Å². The topological polar surface area (TPSA) is 95.7 Å². The largest absolute Gasteiger partial charge is 0.490 e. The highest BCUT2D eigenvalue weighted by atomic mass is 35.5. The smallest absolute Gasteiger partial charge is 0.277 e. The summed E-state index contributed by atoms with van der Waals surface area (Å²) in [5.41, 5.74) is 2.22. The van der Waals surface area contributed by atoms with Gasteiger partial charge in [-0.05, 0) is 57.5 Å². The number of halogens is 1. The Morgan fingerprint density at radius 1 is 1.03 bits per heavy atom. The summed E-state index contributed by atoms with van der Waals surface area (Å²) in [6, 6.07) is 8.87. The number of carbonyl (C=O) groups is 1. The van der Waals surface area contributed by atoms with Crippen LogP contribution in [0.15, 0.2) is 40.0 Å². The second-order valence-corrected chi connectivity index (χ2v) is 8.13. The molecule has 10 heteroatoms. The third-order valence-electron chi connectivity index (χ3n) is 4.36. The first-order valence-corrected chi connectivity index (χ1v) is 11.9. The zero-order valence-electron chi connectivity index (χ0n) is 18.9. The van der Waals surface area contributed by atoms with Crippen molar-refractivity contribution in [3.63, 3.8) is 0 Å². The molecular formula is C23H26ClN3O5S. The summed E-state index contributed by atoms with van der Waals surface area (Å²) in [6.07, 6.45) is 0. The van der Waals surface area contributed by atoms with Crippen LogP contribution in [0.1, 0.15) is 26.3 Å². The molecule has 0 aliphatic heterocycles. The van der Waals surface area contributed by atoms with Gasteiger partial charge in [0.05, 0.1) is 25.6 Å². The Balaban J connectivity index is 1.73. The van der Waals surface area contributed by atoms with E-state index in [2.05, 4.69) is 15.5 Å². The molecule has 1 heterocycles. The first kappa shape index (κ1) is 24.7. The molecule has 0 aliphatic rings. The van der Waals surface area contributed by atoms with Gasteiger partial charge in [-0.3, -0.25) is 4.79 Å². The number of hydrogen-bond acceptors (Lipinski definition) is 8. The van der Waals surface area contributed by atoms with Gasteiger partial charge in [0, 0.05) is 16.3 Å². The average molecular weight is 492 g/mol. The molecule has 1 aromatic heterocycles. The molecule has 33 heavy (non-hydrogen) atoms. The first-order chi connectivity index (χ1) is 15.9. The summed E-state index contributed by atoms with van der Waals surface area (Å²) in [5, 5.41) is 11.8. The maximum atomic E-state index is 12.3. The lowest BCUT2D eigenvalue weighted by Crippen LogP contribution is -2.14. The van der Waals surface area contributed by atoms with Crippen molar-refractivity contribution in [2.75, 3.05) is 30.9 Å². The maximum absolute atomic E-state index is 12.3. The Bertz CT molecular complexity index is 1080. The van der Waals surface area contributed by atoms with Gasteiger partial charge in [-0.25, -0.2) is 0 Å². The normalized spacial score (nSPS) is 10.7. The van der Waals surface area contributed by atoms with E-state index in [-0.39, 0.29) is 22.8 Å². The molecule has 2 aromatic carbocycles. The highest BCUT2D eigenvalue weighted by Crippen LogP contribution is 2.42. The number of amides is 1. The number of ether oxygens (including phenoxy) is 3. The van der Waals surface area contributed by atoms with E-state index in [0.717, 1.165) is 17.3 Å². The van der Waals surface area contributed by atoms with Gasteiger partial charge in [0.2, 0.25) is 17.5 Å². The van der Waals surface area contributed by atoms with Crippen molar-refractivity contribution in [3.8, 4) is 28.7 Å². The summed E-state index contributed by atoms with van der Waals surface area (Å²) >= 11 is 7.15. The highest BCUT2D eigenvalue weighted by Gasteiger charge is 2.19. The lowest BCUT2D eigenvalue weighted by atomic mass is 10.2. The van der Waals surface area contributed by atoms with Crippen LogP contribution in [-0.4, -0.2) is 41.7 Å². The van der Waals surface area contributed by atoms with Crippen LogP contribution in [0.25, 0.3) is 11.5 Å². The first-order valence-electron chi connectivity index (χ1n) is 10.5. The Labute approximate surface area is 202 Å². The van der Waals surface area contributed by atoms with Crippen molar-refractivity contribution in [3.05, 3.63) is 40.9 Å². The second kappa shape index (κ2) is 11.8. The summed E-state index contributed by atoms with van der Waals surface area (Å²) in [5.74, 6) is 1.78. The minimum Gasteiger partial charge on any atom is -0.490 e. The Morgan fingerprint density at radius 3 is 2.33 bits per heavy atom. The molecule has 0 aliphatic carbocycles. The van der Waals surface area contributed by atoms with Crippen LogP contribution < -0.4 is 19.5 Å². The molecule has 0 saturated heterocycles. The van der Waals surface area contributed by atoms with E-state index in [4.69, 9.17) is 30.2 Å². The molecule has 0 spiro atoms. The number of hydrogen-bond donors (Lipinski definition) is 1. The van der Waals surface area contributed by atoms with Crippen LogP contribution in [0, 0.1) is 6.92 Å². The van der Waals surface area contributed by atoms with Crippen LogP contribution in [0.2, 0.25) is 5.02 Å². The zero-order chi connectivity index (χ0) is 23.8. The van der Waals surface area contributed by atoms with Gasteiger partial charge in [-0.2, -0.15) is 0 Å². The predicted octanol–water partition coefficient (Wildman–Crippen LogP) is 5.63. The minimum absolute atomic E-state index is 0.102. The molecule has 0 saturated carbocycles. The van der Waals surface area contributed by atoms with E-state index in [0.29, 0.717) is 53.3 Å². The number of nitrogens with zero attached hydrogens (tertiary/aromatic N) is 2. The number of thioether (sulfide) groups is 1. The molecule has 176 valence electrons. The molecule has 3 rings (SSSR count). The molecule has 0 radical (unpaired) electrons. The van der Waals surface area contributed by atoms with Gasteiger partial charge in [0.15, 0.2) is 11.5 Å². The zero-order valence-corrected chi connectivity index (χ0v) is 20.5. The molecule has 3 aromatic rings. The molecule has 8 nitrogen and oxygen atoms in total. The number of nitrogens with one attached hydrogen (secondary N) is 1. The average Bonchev–Trinajstić information content (AvgIpc) is 3.26. The number of rotatable bonds is 11. The van der Waals surface area contributed by atoms with Gasteiger partial charge < -0.3 is 23.9 Å². The minimum atomic E-state index is -0.205. The molecule has 0 fully saturated rings. The van der Waals surface area contributed by atoms with Crippen LogP contribution in [-0.2, 0) is 4.79 Å². The SMILES string of the molecule is CCOc1cc(-c2nnc(SCC(=O)Nc3cc(Cl)ccc3C)o2)cc(OCC)c1OCC. The van der Waals surface area contributed by atoms with E-state index in [9.17, 15) is 4.79 Å². The molecule has 1 N–H and O–H groups in total. The third kappa shape index (κ3) is 6.55. The van der Waals surface area contributed by atoms with Gasteiger partial charge in [0.25, 0.3) is 5.22 Å². The van der Waals surface area contributed by atoms with Gasteiger partial charge in [-0.1, -0.05) is 29.4 Å². The Morgan fingerprint density at radius 2 is 1.70 bits per heavy atom. The van der Waals surface area contributed by atoms with Gasteiger partial charge in [0.1, 0.15) is 0 Å².